The lowest BCUT2D eigenvalue weighted by Crippen LogP contribution is -2.32. The van der Waals surface area contributed by atoms with Gasteiger partial charge >= 0.3 is 6.01 Å². The Morgan fingerprint density at radius 3 is 2.59 bits per heavy atom. The number of aliphatic imine (C=N–C) groups is 1. The van der Waals surface area contributed by atoms with Gasteiger partial charge in [0.15, 0.2) is 5.58 Å². The third-order valence-electron chi connectivity index (χ3n) is 5.44. The Morgan fingerprint density at radius 1 is 0.969 bits per heavy atom. The number of halogens is 1. The van der Waals surface area contributed by atoms with E-state index in [0.29, 0.717) is 39.4 Å². The average Bonchev–Trinajstić information content (AvgIpc) is 3.21. The number of fused-ring (bicyclic) bond motifs is 4. The van der Waals surface area contributed by atoms with Crippen molar-refractivity contribution in [3.8, 4) is 0 Å². The lowest BCUT2D eigenvalue weighted by molar-refractivity contribution is 0.624. The standard InChI is InChI=1S/C24H16FN5O2/c25-14-11-9-13(10-12-14)20-19-21(15-5-1-2-6-16(15)26-22(19)31)29-23(28-20)30-24-27-17-7-3-4-8-18(17)32-24/h1-12,20H,(H,26,31)(H2,27,28,29,30)/t20-/m0/s1. The molecule has 1 atom stereocenters. The van der Waals surface area contributed by atoms with Gasteiger partial charge < -0.3 is 14.7 Å². The molecule has 0 fully saturated rings. The Balaban J connectivity index is 1.51. The number of rotatable bonds is 2. The van der Waals surface area contributed by atoms with Crippen molar-refractivity contribution in [2.75, 3.05) is 10.6 Å². The van der Waals surface area contributed by atoms with Crippen LogP contribution in [0.15, 0.2) is 87.0 Å². The third kappa shape index (κ3) is 3.01. The van der Waals surface area contributed by atoms with E-state index in [2.05, 4.69) is 20.6 Å². The largest absolute Gasteiger partial charge is 0.423 e. The number of oxazole rings is 1. The fourth-order valence-corrected chi connectivity index (χ4v) is 3.98. The van der Waals surface area contributed by atoms with E-state index in [1.54, 1.807) is 12.1 Å². The number of pyridine rings is 1. The number of para-hydroxylation sites is 3. The first-order valence-corrected chi connectivity index (χ1v) is 10.0. The zero-order chi connectivity index (χ0) is 21.7. The van der Waals surface area contributed by atoms with Crippen molar-refractivity contribution < 1.29 is 8.81 Å². The van der Waals surface area contributed by atoms with Crippen LogP contribution in [-0.4, -0.2) is 15.9 Å². The molecule has 7 nitrogen and oxygen atoms in total. The van der Waals surface area contributed by atoms with E-state index in [0.717, 1.165) is 5.39 Å². The summed E-state index contributed by atoms with van der Waals surface area (Å²) >= 11 is 0. The van der Waals surface area contributed by atoms with Gasteiger partial charge in [-0.25, -0.2) is 9.38 Å². The van der Waals surface area contributed by atoms with E-state index in [4.69, 9.17) is 9.41 Å². The molecule has 8 heteroatoms. The lowest BCUT2D eigenvalue weighted by Gasteiger charge is -2.25. The molecule has 6 rings (SSSR count). The van der Waals surface area contributed by atoms with Crippen LogP contribution in [0.5, 0.6) is 0 Å². The first-order valence-electron chi connectivity index (χ1n) is 10.0. The monoisotopic (exact) mass is 425 g/mol. The smallest absolute Gasteiger partial charge is 0.302 e. The van der Waals surface area contributed by atoms with Crippen LogP contribution in [0.4, 0.5) is 16.1 Å². The zero-order valence-corrected chi connectivity index (χ0v) is 16.6. The highest BCUT2D eigenvalue weighted by molar-refractivity contribution is 6.10. The predicted molar refractivity (Wildman–Crippen MR) is 122 cm³/mol. The molecule has 0 amide bonds. The fourth-order valence-electron chi connectivity index (χ4n) is 3.98. The van der Waals surface area contributed by atoms with Crippen molar-refractivity contribution >= 4 is 39.7 Å². The van der Waals surface area contributed by atoms with E-state index >= 15 is 0 Å². The summed E-state index contributed by atoms with van der Waals surface area (Å²) in [5.74, 6) is 0.0123. The van der Waals surface area contributed by atoms with Crippen LogP contribution in [0.2, 0.25) is 0 Å². The Hall–Kier alpha value is -4.46. The number of hydrogen-bond acceptors (Lipinski definition) is 6. The predicted octanol–water partition coefficient (Wildman–Crippen LogP) is 4.79. The number of anilines is 2. The maximum Gasteiger partial charge on any atom is 0.302 e. The molecule has 0 aliphatic carbocycles. The van der Waals surface area contributed by atoms with Crippen LogP contribution < -0.4 is 16.2 Å². The van der Waals surface area contributed by atoms with Crippen LogP contribution in [0.3, 0.4) is 0 Å². The van der Waals surface area contributed by atoms with E-state index < -0.39 is 6.04 Å². The zero-order valence-electron chi connectivity index (χ0n) is 16.6. The van der Waals surface area contributed by atoms with Crippen molar-refractivity contribution in [1.29, 1.82) is 0 Å². The molecule has 156 valence electrons. The molecule has 1 aliphatic heterocycles. The SMILES string of the molecule is O=c1[nH]c2ccccc2c2c1[C@H](c1ccc(F)cc1)N=C(Nc1nc3ccccc3o1)N2. The number of nitrogens with zero attached hydrogens (tertiary/aromatic N) is 2. The Kier molecular flexibility index (Phi) is 4.04. The number of benzene rings is 3. The highest BCUT2D eigenvalue weighted by Crippen LogP contribution is 2.36. The van der Waals surface area contributed by atoms with Gasteiger partial charge in [-0.2, -0.15) is 4.98 Å². The topological polar surface area (TPSA) is 95.3 Å². The van der Waals surface area contributed by atoms with Crippen LogP contribution >= 0.6 is 0 Å². The minimum Gasteiger partial charge on any atom is -0.423 e. The van der Waals surface area contributed by atoms with Gasteiger partial charge in [-0.3, -0.25) is 10.1 Å². The molecule has 3 heterocycles. The third-order valence-corrected chi connectivity index (χ3v) is 5.44. The minimum absolute atomic E-state index is 0.259. The van der Waals surface area contributed by atoms with Gasteiger partial charge in [0.1, 0.15) is 17.4 Å². The van der Waals surface area contributed by atoms with Gasteiger partial charge in [0.2, 0.25) is 5.96 Å². The van der Waals surface area contributed by atoms with E-state index in [1.165, 1.54) is 12.1 Å². The second-order valence-corrected chi connectivity index (χ2v) is 7.46. The summed E-state index contributed by atoms with van der Waals surface area (Å²) in [7, 11) is 0. The van der Waals surface area contributed by atoms with Crippen molar-refractivity contribution in [2.45, 2.75) is 6.04 Å². The summed E-state index contributed by atoms with van der Waals surface area (Å²) in [5.41, 5.74) is 3.57. The van der Waals surface area contributed by atoms with Gasteiger partial charge in [0, 0.05) is 5.39 Å². The fraction of sp³-hybridized carbons (Fsp3) is 0.0417. The molecule has 0 saturated carbocycles. The molecule has 3 N–H and O–H groups in total. The first-order chi connectivity index (χ1) is 15.7. The number of H-pyrrole nitrogens is 1. The van der Waals surface area contributed by atoms with Gasteiger partial charge in [-0.1, -0.05) is 42.5 Å². The summed E-state index contributed by atoms with van der Waals surface area (Å²) < 4.78 is 19.3. The second kappa shape index (κ2) is 7.05. The van der Waals surface area contributed by atoms with Crippen LogP contribution in [0, 0.1) is 5.82 Å². The molecule has 0 bridgehead atoms. The van der Waals surface area contributed by atoms with Crippen molar-refractivity contribution in [2.24, 2.45) is 4.99 Å². The number of nitrogens with one attached hydrogen (secondary N) is 3. The minimum atomic E-state index is -0.646. The average molecular weight is 425 g/mol. The van der Waals surface area contributed by atoms with E-state index in [-0.39, 0.29) is 17.4 Å². The van der Waals surface area contributed by atoms with Gasteiger partial charge in [0.05, 0.1) is 16.8 Å². The lowest BCUT2D eigenvalue weighted by atomic mass is 9.95. The molecule has 32 heavy (non-hydrogen) atoms. The van der Waals surface area contributed by atoms with E-state index in [9.17, 15) is 9.18 Å². The normalized spacial score (nSPS) is 15.3. The number of guanidine groups is 1. The molecular weight excluding hydrogens is 409 g/mol. The molecular formula is C24H16FN5O2. The molecule has 5 aromatic rings. The Morgan fingerprint density at radius 2 is 1.75 bits per heavy atom. The first kappa shape index (κ1) is 18.3. The summed E-state index contributed by atoms with van der Waals surface area (Å²) in [5, 5.41) is 7.15. The molecule has 1 aliphatic rings. The maximum atomic E-state index is 13.6. The Labute approximate surface area is 180 Å². The highest BCUT2D eigenvalue weighted by Gasteiger charge is 2.28. The van der Waals surface area contributed by atoms with Gasteiger partial charge in [-0.15, -0.1) is 0 Å². The number of aromatic nitrogens is 2. The van der Waals surface area contributed by atoms with Crippen molar-refractivity contribution in [3.05, 3.63) is 100 Å². The second-order valence-electron chi connectivity index (χ2n) is 7.46. The summed E-state index contributed by atoms with van der Waals surface area (Å²) in [4.78, 5) is 25.1. The molecule has 2 aromatic heterocycles. The summed E-state index contributed by atoms with van der Waals surface area (Å²) in [6.45, 7) is 0. The van der Waals surface area contributed by atoms with Crippen molar-refractivity contribution in [1.82, 2.24) is 9.97 Å². The highest BCUT2D eigenvalue weighted by atomic mass is 19.1. The summed E-state index contributed by atoms with van der Waals surface area (Å²) in [6, 6.07) is 20.5. The number of aromatic amines is 1. The molecule has 0 radical (unpaired) electrons. The summed E-state index contributed by atoms with van der Waals surface area (Å²) in [6.07, 6.45) is 0. The Bertz CT molecular complexity index is 1540. The molecule has 3 aromatic carbocycles. The molecule has 0 unspecified atom stereocenters. The van der Waals surface area contributed by atoms with Crippen LogP contribution in [0.1, 0.15) is 17.2 Å². The number of hydrogen-bond donors (Lipinski definition) is 3. The molecule has 0 spiro atoms. The van der Waals surface area contributed by atoms with Crippen LogP contribution in [0.25, 0.3) is 22.0 Å². The van der Waals surface area contributed by atoms with Crippen molar-refractivity contribution in [3.63, 3.8) is 0 Å². The quantitative estimate of drug-likeness (QED) is 0.378. The molecule has 0 saturated heterocycles. The maximum absolute atomic E-state index is 13.6. The van der Waals surface area contributed by atoms with Gasteiger partial charge in [-0.05, 0) is 35.9 Å². The van der Waals surface area contributed by atoms with E-state index in [1.807, 2.05) is 48.5 Å². The van der Waals surface area contributed by atoms with Gasteiger partial charge in [0.25, 0.3) is 5.56 Å². The van der Waals surface area contributed by atoms with Crippen LogP contribution in [-0.2, 0) is 0 Å².